The zero-order valence-electron chi connectivity index (χ0n) is 18.9. The predicted octanol–water partition coefficient (Wildman–Crippen LogP) is 5.11. The van der Waals surface area contributed by atoms with E-state index in [0.29, 0.717) is 24.0 Å². The molecule has 0 radical (unpaired) electrons. The van der Waals surface area contributed by atoms with E-state index < -0.39 is 0 Å². The molecule has 0 bridgehead atoms. The van der Waals surface area contributed by atoms with Crippen molar-refractivity contribution in [2.45, 2.75) is 65.2 Å². The molecule has 0 aliphatic rings. The monoisotopic (exact) mass is 436 g/mol. The third kappa shape index (κ3) is 8.10. The number of hydrogen-bond acceptors (Lipinski definition) is 4. The zero-order chi connectivity index (χ0) is 23.3. The lowest BCUT2D eigenvalue weighted by Gasteiger charge is -2.02. The molecule has 170 valence electrons. The molecule has 32 heavy (non-hydrogen) atoms. The van der Waals surface area contributed by atoms with Crippen molar-refractivity contribution in [2.75, 3.05) is 10.6 Å². The Balaban J connectivity index is 2.19. The van der Waals surface area contributed by atoms with Crippen LogP contribution in [-0.2, 0) is 9.59 Å². The second-order valence-corrected chi connectivity index (χ2v) is 7.81. The van der Waals surface area contributed by atoms with E-state index in [1.54, 1.807) is 36.4 Å². The SMILES string of the molecule is CCCCCC(=O)Nc1ccc(-c2ccc(NC(=O)CCCCC)c(=O)cc2)ccc1=O. The molecule has 2 N–H and O–H groups in total. The minimum Gasteiger partial charge on any atom is -0.323 e. The van der Waals surface area contributed by atoms with Crippen molar-refractivity contribution in [1.82, 2.24) is 0 Å². The van der Waals surface area contributed by atoms with Gasteiger partial charge in [0.05, 0.1) is 11.4 Å². The minimum absolute atomic E-state index is 0.176. The molecule has 0 fully saturated rings. The molecule has 2 rings (SSSR count). The van der Waals surface area contributed by atoms with Crippen molar-refractivity contribution in [3.8, 4) is 11.1 Å². The molecule has 0 aromatic heterocycles. The van der Waals surface area contributed by atoms with Crippen LogP contribution >= 0.6 is 0 Å². The topological polar surface area (TPSA) is 92.3 Å². The van der Waals surface area contributed by atoms with E-state index >= 15 is 0 Å². The zero-order valence-corrected chi connectivity index (χ0v) is 18.9. The summed E-state index contributed by atoms with van der Waals surface area (Å²) in [5, 5.41) is 5.37. The van der Waals surface area contributed by atoms with Gasteiger partial charge in [-0.05, 0) is 48.2 Å². The third-order valence-electron chi connectivity index (χ3n) is 5.11. The molecule has 6 nitrogen and oxygen atoms in total. The molecule has 2 aromatic carbocycles. The Kier molecular flexibility index (Phi) is 10.3. The molecule has 0 spiro atoms. The van der Waals surface area contributed by atoms with Crippen LogP contribution in [0.15, 0.2) is 58.1 Å². The highest BCUT2D eigenvalue weighted by Crippen LogP contribution is 2.18. The highest BCUT2D eigenvalue weighted by molar-refractivity contribution is 5.91. The first-order chi connectivity index (χ1) is 15.4. The summed E-state index contributed by atoms with van der Waals surface area (Å²) >= 11 is 0. The van der Waals surface area contributed by atoms with Gasteiger partial charge in [0, 0.05) is 12.8 Å². The van der Waals surface area contributed by atoms with E-state index in [-0.39, 0.29) is 34.0 Å². The predicted molar refractivity (Wildman–Crippen MR) is 130 cm³/mol. The van der Waals surface area contributed by atoms with Crippen molar-refractivity contribution in [3.63, 3.8) is 0 Å². The lowest BCUT2D eigenvalue weighted by molar-refractivity contribution is -0.117. The number of anilines is 2. The van der Waals surface area contributed by atoms with E-state index in [2.05, 4.69) is 24.5 Å². The van der Waals surface area contributed by atoms with Gasteiger partial charge in [-0.15, -0.1) is 0 Å². The number of amides is 2. The van der Waals surface area contributed by atoms with Crippen LogP contribution in [0.4, 0.5) is 11.4 Å². The first-order valence-corrected chi connectivity index (χ1v) is 11.3. The Hall–Kier alpha value is -3.28. The fraction of sp³-hybridized carbons (Fsp3) is 0.385. The summed E-state index contributed by atoms with van der Waals surface area (Å²) in [6.45, 7) is 4.13. The Morgan fingerprint density at radius 3 is 1.34 bits per heavy atom. The van der Waals surface area contributed by atoms with Crippen molar-refractivity contribution >= 4 is 23.2 Å². The summed E-state index contributed by atoms with van der Waals surface area (Å²) < 4.78 is 0. The maximum Gasteiger partial charge on any atom is 0.224 e. The Labute approximate surface area is 189 Å². The average molecular weight is 437 g/mol. The number of rotatable bonds is 11. The van der Waals surface area contributed by atoms with E-state index in [1.165, 1.54) is 12.1 Å². The smallest absolute Gasteiger partial charge is 0.224 e. The first kappa shape index (κ1) is 25.0. The molecular weight excluding hydrogens is 404 g/mol. The number of carbonyl (C=O) groups is 2. The summed E-state index contributed by atoms with van der Waals surface area (Å²) in [4.78, 5) is 48.8. The Bertz CT molecular complexity index is 965. The van der Waals surface area contributed by atoms with Crippen LogP contribution in [0.1, 0.15) is 65.2 Å². The second-order valence-electron chi connectivity index (χ2n) is 7.81. The number of unbranched alkanes of at least 4 members (excludes halogenated alkanes) is 4. The Morgan fingerprint density at radius 2 is 0.969 bits per heavy atom. The highest BCUT2D eigenvalue weighted by Gasteiger charge is 2.07. The standard InChI is InChI=1S/C26H32N2O4/c1-3-5-7-9-25(31)27-21-15-11-19(13-17-23(21)29)20-12-16-22(24(30)18-14-20)28-26(32)10-8-6-4-2/h11-18H,3-10H2,1-2H3,(H,27,29,31)(H,28,30,32). The summed E-state index contributed by atoms with van der Waals surface area (Å²) in [5.41, 5.74) is 1.30. The second kappa shape index (κ2) is 13.2. The highest BCUT2D eigenvalue weighted by atomic mass is 16.2. The minimum atomic E-state index is -0.287. The van der Waals surface area contributed by atoms with Gasteiger partial charge in [-0.2, -0.15) is 0 Å². The van der Waals surface area contributed by atoms with Gasteiger partial charge in [-0.1, -0.05) is 63.8 Å². The van der Waals surface area contributed by atoms with Crippen molar-refractivity contribution in [2.24, 2.45) is 0 Å². The lowest BCUT2D eigenvalue weighted by Crippen LogP contribution is -2.16. The quantitative estimate of drug-likeness (QED) is 0.479. The molecule has 0 atom stereocenters. The molecular formula is C26H32N2O4. The fourth-order valence-electron chi connectivity index (χ4n) is 3.22. The molecule has 2 amide bonds. The third-order valence-corrected chi connectivity index (χ3v) is 5.11. The van der Waals surface area contributed by atoms with Crippen LogP contribution in [-0.4, -0.2) is 11.8 Å². The molecule has 0 heterocycles. The number of carbonyl (C=O) groups excluding carboxylic acids is 2. The van der Waals surface area contributed by atoms with Gasteiger partial charge >= 0.3 is 0 Å². The van der Waals surface area contributed by atoms with Gasteiger partial charge in [0.1, 0.15) is 0 Å². The van der Waals surface area contributed by atoms with Gasteiger partial charge < -0.3 is 10.6 Å². The summed E-state index contributed by atoms with van der Waals surface area (Å²) in [7, 11) is 0. The fourth-order valence-corrected chi connectivity index (χ4v) is 3.22. The van der Waals surface area contributed by atoms with Crippen molar-refractivity contribution in [3.05, 3.63) is 69.0 Å². The Morgan fingerprint density at radius 1 is 0.594 bits per heavy atom. The van der Waals surface area contributed by atoms with Gasteiger partial charge in [-0.25, -0.2) is 0 Å². The van der Waals surface area contributed by atoms with Crippen LogP contribution < -0.4 is 21.5 Å². The van der Waals surface area contributed by atoms with Crippen LogP contribution in [0.25, 0.3) is 11.1 Å². The summed E-state index contributed by atoms with van der Waals surface area (Å²) in [6, 6.07) is 12.7. The molecule has 0 saturated heterocycles. The summed E-state index contributed by atoms with van der Waals surface area (Å²) in [5.74, 6) is -0.352. The van der Waals surface area contributed by atoms with Crippen LogP contribution in [0.3, 0.4) is 0 Å². The van der Waals surface area contributed by atoms with Crippen LogP contribution in [0.5, 0.6) is 0 Å². The molecule has 0 aliphatic carbocycles. The van der Waals surface area contributed by atoms with Crippen LogP contribution in [0, 0.1) is 0 Å². The summed E-state index contributed by atoms with van der Waals surface area (Å²) in [6.07, 6.45) is 6.32. The lowest BCUT2D eigenvalue weighted by atomic mass is 10.1. The molecule has 0 saturated carbocycles. The van der Waals surface area contributed by atoms with Gasteiger partial charge in [0.2, 0.25) is 22.7 Å². The average Bonchev–Trinajstić information content (AvgIpc) is 3.05. The van der Waals surface area contributed by atoms with E-state index in [9.17, 15) is 19.2 Å². The maximum absolute atomic E-state index is 12.4. The van der Waals surface area contributed by atoms with E-state index in [4.69, 9.17) is 0 Å². The molecule has 0 aliphatic heterocycles. The van der Waals surface area contributed by atoms with E-state index in [0.717, 1.165) is 38.5 Å². The largest absolute Gasteiger partial charge is 0.323 e. The first-order valence-electron chi connectivity index (χ1n) is 11.3. The van der Waals surface area contributed by atoms with Crippen molar-refractivity contribution < 1.29 is 9.59 Å². The molecule has 0 unspecified atom stereocenters. The normalized spacial score (nSPS) is 10.4. The van der Waals surface area contributed by atoms with Gasteiger partial charge in [0.15, 0.2) is 0 Å². The number of hydrogen-bond donors (Lipinski definition) is 2. The number of nitrogens with one attached hydrogen (secondary N) is 2. The van der Waals surface area contributed by atoms with E-state index in [1.807, 2.05) is 0 Å². The van der Waals surface area contributed by atoms with Gasteiger partial charge in [0.25, 0.3) is 0 Å². The molecule has 6 heteroatoms. The molecule has 2 aromatic rings. The van der Waals surface area contributed by atoms with Crippen molar-refractivity contribution in [1.29, 1.82) is 0 Å². The maximum atomic E-state index is 12.4. The van der Waals surface area contributed by atoms with Crippen LogP contribution in [0.2, 0.25) is 0 Å². The van der Waals surface area contributed by atoms with Gasteiger partial charge in [-0.3, -0.25) is 19.2 Å².